The first-order valence-electron chi connectivity index (χ1n) is 6.31. The van der Waals surface area contributed by atoms with Crippen LogP contribution in [0.5, 0.6) is 0 Å². The lowest BCUT2D eigenvalue weighted by atomic mass is 10.3. The lowest BCUT2D eigenvalue weighted by Gasteiger charge is -2.11. The number of carboxylic acid groups (broad SMARTS) is 1. The van der Waals surface area contributed by atoms with Gasteiger partial charge in [-0.15, -0.1) is 10.2 Å². The molecule has 1 aliphatic carbocycles. The fraction of sp³-hybridized carbons (Fsp3) is 0.308. The molecule has 1 heterocycles. The number of carbonyl (C=O) groups is 1. The number of aliphatic carboxylic acids is 1. The zero-order valence-electron chi connectivity index (χ0n) is 10.8. The maximum atomic E-state index is 13.2. The third-order valence-electron chi connectivity index (χ3n) is 3.08. The van der Waals surface area contributed by atoms with Crippen LogP contribution in [0.15, 0.2) is 23.4 Å². The number of rotatable bonds is 5. The molecular formula is C13H11ClFN3O2S. The van der Waals surface area contributed by atoms with Crippen molar-refractivity contribution in [1.29, 1.82) is 0 Å². The number of halogens is 2. The van der Waals surface area contributed by atoms with Crippen molar-refractivity contribution in [2.75, 3.05) is 5.75 Å². The molecule has 110 valence electrons. The van der Waals surface area contributed by atoms with Crippen LogP contribution in [0.4, 0.5) is 4.39 Å². The molecule has 1 aliphatic rings. The Morgan fingerprint density at radius 2 is 2.24 bits per heavy atom. The minimum atomic E-state index is -0.937. The van der Waals surface area contributed by atoms with Gasteiger partial charge in [-0.05, 0) is 31.0 Å². The quantitative estimate of drug-likeness (QED) is 0.855. The summed E-state index contributed by atoms with van der Waals surface area (Å²) in [5.74, 6) is -0.437. The van der Waals surface area contributed by atoms with Gasteiger partial charge in [0, 0.05) is 5.92 Å². The van der Waals surface area contributed by atoms with Crippen molar-refractivity contribution in [2.45, 2.75) is 23.9 Å². The number of carboxylic acids is 1. The molecule has 21 heavy (non-hydrogen) atoms. The van der Waals surface area contributed by atoms with Crippen molar-refractivity contribution >= 4 is 29.3 Å². The molecule has 1 aromatic heterocycles. The third-order valence-corrected chi connectivity index (χ3v) is 4.29. The molecule has 0 unspecified atom stereocenters. The van der Waals surface area contributed by atoms with E-state index in [2.05, 4.69) is 10.2 Å². The Morgan fingerprint density at radius 3 is 2.86 bits per heavy atom. The van der Waals surface area contributed by atoms with Crippen molar-refractivity contribution in [3.8, 4) is 5.69 Å². The highest BCUT2D eigenvalue weighted by Crippen LogP contribution is 2.42. The van der Waals surface area contributed by atoms with Crippen LogP contribution < -0.4 is 0 Å². The standard InChI is InChI=1S/C13H11ClFN3O2S/c14-9-5-8(15)3-4-10(9)18-12(7-1-2-7)16-17-13(18)21-6-11(19)20/h3-5,7H,1-2,6H2,(H,19,20). The molecule has 8 heteroatoms. The van der Waals surface area contributed by atoms with Crippen molar-refractivity contribution < 1.29 is 14.3 Å². The first kappa shape index (κ1) is 14.3. The molecule has 3 rings (SSSR count). The van der Waals surface area contributed by atoms with Crippen LogP contribution in [0, 0.1) is 5.82 Å². The highest BCUT2D eigenvalue weighted by molar-refractivity contribution is 7.99. The predicted octanol–water partition coefficient (Wildman–Crippen LogP) is 3.11. The minimum Gasteiger partial charge on any atom is -0.481 e. The van der Waals surface area contributed by atoms with Gasteiger partial charge in [0.15, 0.2) is 5.16 Å². The Hall–Kier alpha value is -1.60. The minimum absolute atomic E-state index is 0.123. The van der Waals surface area contributed by atoms with E-state index in [1.807, 2.05) is 0 Å². The summed E-state index contributed by atoms with van der Waals surface area (Å²) in [6.45, 7) is 0. The van der Waals surface area contributed by atoms with Gasteiger partial charge in [-0.1, -0.05) is 23.4 Å². The summed E-state index contributed by atoms with van der Waals surface area (Å²) in [7, 11) is 0. The molecule has 1 aromatic carbocycles. The van der Waals surface area contributed by atoms with Crippen LogP contribution in [-0.2, 0) is 4.79 Å². The summed E-state index contributed by atoms with van der Waals surface area (Å²) in [5.41, 5.74) is 0.567. The van der Waals surface area contributed by atoms with E-state index in [0.29, 0.717) is 16.8 Å². The van der Waals surface area contributed by atoms with Crippen molar-refractivity contribution in [3.63, 3.8) is 0 Å². The lowest BCUT2D eigenvalue weighted by molar-refractivity contribution is -0.133. The highest BCUT2D eigenvalue weighted by Gasteiger charge is 2.31. The molecule has 1 saturated carbocycles. The van der Waals surface area contributed by atoms with E-state index in [0.717, 1.165) is 30.4 Å². The summed E-state index contributed by atoms with van der Waals surface area (Å²) < 4.78 is 14.9. The van der Waals surface area contributed by atoms with Crippen molar-refractivity contribution in [1.82, 2.24) is 14.8 Å². The number of nitrogens with zero attached hydrogens (tertiary/aromatic N) is 3. The summed E-state index contributed by atoms with van der Waals surface area (Å²) in [6.07, 6.45) is 2.03. The molecule has 1 fully saturated rings. The van der Waals surface area contributed by atoms with Gasteiger partial charge in [0.25, 0.3) is 0 Å². The Bertz CT molecular complexity index is 703. The smallest absolute Gasteiger partial charge is 0.313 e. The van der Waals surface area contributed by atoms with Crippen LogP contribution >= 0.6 is 23.4 Å². The van der Waals surface area contributed by atoms with Gasteiger partial charge in [0.2, 0.25) is 0 Å². The Labute approximate surface area is 129 Å². The topological polar surface area (TPSA) is 68.0 Å². The summed E-state index contributed by atoms with van der Waals surface area (Å²) in [5, 5.41) is 17.7. The Balaban J connectivity index is 2.05. The van der Waals surface area contributed by atoms with Crippen LogP contribution in [0.3, 0.4) is 0 Å². The van der Waals surface area contributed by atoms with Gasteiger partial charge in [0.05, 0.1) is 16.5 Å². The highest BCUT2D eigenvalue weighted by atomic mass is 35.5. The molecule has 0 spiro atoms. The zero-order chi connectivity index (χ0) is 15.0. The van der Waals surface area contributed by atoms with Crippen LogP contribution in [0.1, 0.15) is 24.6 Å². The number of aromatic nitrogens is 3. The summed E-state index contributed by atoms with van der Waals surface area (Å²) in [6, 6.07) is 4.08. The molecule has 5 nitrogen and oxygen atoms in total. The van der Waals surface area contributed by atoms with E-state index < -0.39 is 11.8 Å². The first-order valence-corrected chi connectivity index (χ1v) is 7.68. The molecule has 0 saturated heterocycles. The number of hydrogen-bond acceptors (Lipinski definition) is 4. The van der Waals surface area contributed by atoms with Crippen molar-refractivity contribution in [3.05, 3.63) is 34.9 Å². The predicted molar refractivity (Wildman–Crippen MR) is 76.7 cm³/mol. The number of thioether (sulfide) groups is 1. The van der Waals surface area contributed by atoms with E-state index in [9.17, 15) is 9.18 Å². The third kappa shape index (κ3) is 3.03. The van der Waals surface area contributed by atoms with Gasteiger partial charge in [-0.3, -0.25) is 9.36 Å². The molecule has 1 N–H and O–H groups in total. The van der Waals surface area contributed by atoms with Crippen LogP contribution in [0.2, 0.25) is 5.02 Å². The molecule has 2 aromatic rings. The summed E-state index contributed by atoms with van der Waals surface area (Å²) >= 11 is 7.18. The number of benzene rings is 1. The maximum absolute atomic E-state index is 13.2. The Morgan fingerprint density at radius 1 is 1.48 bits per heavy atom. The Kier molecular flexibility index (Phi) is 3.86. The van der Waals surface area contributed by atoms with Crippen LogP contribution in [-0.4, -0.2) is 31.6 Å². The maximum Gasteiger partial charge on any atom is 0.313 e. The van der Waals surface area contributed by atoms with E-state index in [4.69, 9.17) is 16.7 Å². The van der Waals surface area contributed by atoms with Gasteiger partial charge < -0.3 is 5.11 Å². The number of hydrogen-bond donors (Lipinski definition) is 1. The van der Waals surface area contributed by atoms with E-state index >= 15 is 0 Å². The molecule has 0 amide bonds. The second kappa shape index (κ2) is 5.65. The fourth-order valence-corrected chi connectivity index (χ4v) is 2.92. The van der Waals surface area contributed by atoms with Gasteiger partial charge in [-0.2, -0.15) is 0 Å². The molecule has 0 radical (unpaired) electrons. The van der Waals surface area contributed by atoms with Gasteiger partial charge >= 0.3 is 5.97 Å². The fourth-order valence-electron chi connectivity index (χ4n) is 2.00. The second-order valence-electron chi connectivity index (χ2n) is 4.73. The molecular weight excluding hydrogens is 317 g/mol. The molecule has 0 atom stereocenters. The van der Waals surface area contributed by atoms with Gasteiger partial charge in [0.1, 0.15) is 11.6 Å². The zero-order valence-corrected chi connectivity index (χ0v) is 12.4. The van der Waals surface area contributed by atoms with Crippen molar-refractivity contribution in [2.24, 2.45) is 0 Å². The first-order chi connectivity index (χ1) is 10.1. The average molecular weight is 328 g/mol. The van der Waals surface area contributed by atoms with E-state index in [1.54, 1.807) is 10.6 Å². The molecule has 0 bridgehead atoms. The average Bonchev–Trinajstić information content (AvgIpc) is 3.18. The van der Waals surface area contributed by atoms with Gasteiger partial charge in [-0.25, -0.2) is 4.39 Å². The molecule has 0 aliphatic heterocycles. The summed E-state index contributed by atoms with van der Waals surface area (Å²) in [4.78, 5) is 10.7. The monoisotopic (exact) mass is 327 g/mol. The second-order valence-corrected chi connectivity index (χ2v) is 6.08. The SMILES string of the molecule is O=C(O)CSc1nnc(C2CC2)n1-c1ccc(F)cc1Cl. The largest absolute Gasteiger partial charge is 0.481 e. The van der Waals surface area contributed by atoms with E-state index in [1.165, 1.54) is 12.1 Å². The normalized spacial score (nSPS) is 14.4. The van der Waals surface area contributed by atoms with E-state index in [-0.39, 0.29) is 10.8 Å². The van der Waals surface area contributed by atoms with Crippen LogP contribution in [0.25, 0.3) is 5.69 Å². The lowest BCUT2D eigenvalue weighted by Crippen LogP contribution is -2.05.